The molecule has 5 aromatic carbocycles. The Labute approximate surface area is 352 Å². The van der Waals surface area contributed by atoms with Crippen molar-refractivity contribution in [2.75, 3.05) is 30.2 Å². The van der Waals surface area contributed by atoms with Gasteiger partial charge in [-0.15, -0.1) is 0 Å². The molecule has 8 N–H and O–H groups in total. The third-order valence-electron chi connectivity index (χ3n) is 9.07. The zero-order valence-corrected chi connectivity index (χ0v) is 32.6. The average molecular weight is 835 g/mol. The van der Waals surface area contributed by atoms with Crippen LogP contribution in [0.1, 0.15) is 63.8 Å². The average Bonchev–Trinajstić information content (AvgIpc) is 3.79. The zero-order chi connectivity index (χ0) is 44.3. The maximum absolute atomic E-state index is 13.5. The van der Waals surface area contributed by atoms with Crippen LogP contribution in [0.25, 0.3) is 0 Å². The second kappa shape index (κ2) is 19.1. The molecule has 62 heavy (non-hydrogen) atoms. The first-order chi connectivity index (χ1) is 29.9. The minimum Gasteiger partial charge on any atom is -0.504 e. The number of carboxylic acids is 1. The molecule has 0 saturated heterocycles. The Bertz CT molecular complexity index is 2770. The molecular formula is C44H34N8O10. The number of aromatic carboxylic acids is 1. The van der Waals surface area contributed by atoms with Gasteiger partial charge in [-0.3, -0.25) is 19.2 Å². The number of nitrogens with one attached hydrogen (secondary N) is 5. The second-order valence-electron chi connectivity index (χ2n) is 13.1. The molecule has 4 amide bonds. The maximum atomic E-state index is 13.5. The fourth-order valence-corrected chi connectivity index (χ4v) is 5.89. The number of H-pyrrole nitrogens is 1. The summed E-state index contributed by atoms with van der Waals surface area (Å²) in [6, 6.07) is 24.8. The number of aromatic hydroxyl groups is 2. The van der Waals surface area contributed by atoms with Gasteiger partial charge in [0.25, 0.3) is 17.7 Å². The highest BCUT2D eigenvalue weighted by atomic mass is 16.5. The first-order valence-corrected chi connectivity index (χ1v) is 18.2. The third-order valence-corrected chi connectivity index (χ3v) is 9.07. The van der Waals surface area contributed by atoms with E-state index in [0.29, 0.717) is 22.5 Å². The first kappa shape index (κ1) is 42.4. The lowest BCUT2D eigenvalue weighted by molar-refractivity contribution is -0.118. The summed E-state index contributed by atoms with van der Waals surface area (Å²) < 4.78 is 10.4. The Morgan fingerprint density at radius 2 is 1.19 bits per heavy atom. The minimum atomic E-state index is -1.42. The number of carbonyl (C=O) groups is 5. The smallest absolute Gasteiger partial charge is 0.339 e. The number of hydrogen-bond donors (Lipinski definition) is 8. The van der Waals surface area contributed by atoms with Gasteiger partial charge >= 0.3 is 5.97 Å². The molecule has 310 valence electrons. The Kier molecular flexibility index (Phi) is 13.1. The van der Waals surface area contributed by atoms with Crippen molar-refractivity contribution in [3.8, 4) is 40.9 Å². The van der Waals surface area contributed by atoms with Crippen LogP contribution >= 0.6 is 0 Å². The van der Waals surface area contributed by atoms with Gasteiger partial charge in [-0.2, -0.15) is 20.7 Å². The molecule has 1 aromatic heterocycles. The summed E-state index contributed by atoms with van der Waals surface area (Å²) in [5.74, 6) is 0.0354. The summed E-state index contributed by atoms with van der Waals surface area (Å²) in [6.45, 7) is 0. The van der Waals surface area contributed by atoms with E-state index in [0.717, 1.165) is 11.6 Å². The number of phenols is 2. The Morgan fingerprint density at radius 1 is 0.677 bits per heavy atom. The van der Waals surface area contributed by atoms with Gasteiger partial charge < -0.3 is 46.1 Å². The number of ether oxygens (including phenoxy) is 2. The number of anilines is 3. The number of carbonyl (C=O) groups excluding carboxylic acids is 4. The van der Waals surface area contributed by atoms with Crippen LogP contribution < -0.4 is 30.7 Å². The van der Waals surface area contributed by atoms with E-state index in [1.165, 1.54) is 62.9 Å². The van der Waals surface area contributed by atoms with Crippen molar-refractivity contribution in [2.45, 2.75) is 12.5 Å². The number of phenolic OH excluding ortho intramolecular Hbond substituents is 1. The van der Waals surface area contributed by atoms with Crippen molar-refractivity contribution in [2.24, 2.45) is 0 Å². The number of amides is 4. The topological polar surface area (TPSA) is 278 Å². The molecule has 1 heterocycles. The highest BCUT2D eigenvalue weighted by Gasteiger charge is 2.25. The molecule has 0 saturated carbocycles. The summed E-state index contributed by atoms with van der Waals surface area (Å²) in [4.78, 5) is 64.7. The number of benzene rings is 5. The zero-order valence-electron chi connectivity index (χ0n) is 32.6. The van der Waals surface area contributed by atoms with Crippen molar-refractivity contribution in [1.82, 2.24) is 20.7 Å². The number of methoxy groups -OCH3 is 2. The lowest BCUT2D eigenvalue weighted by Crippen LogP contribution is -2.45. The van der Waals surface area contributed by atoms with Crippen LogP contribution in [0.15, 0.2) is 103 Å². The number of aromatic nitrogens is 3. The van der Waals surface area contributed by atoms with E-state index in [2.05, 4.69) is 54.6 Å². The predicted molar refractivity (Wildman–Crippen MR) is 222 cm³/mol. The van der Waals surface area contributed by atoms with Crippen LogP contribution in [-0.4, -0.2) is 80.6 Å². The molecule has 0 bridgehead atoms. The van der Waals surface area contributed by atoms with Crippen LogP contribution in [-0.2, 0) is 11.2 Å². The van der Waals surface area contributed by atoms with E-state index in [9.17, 15) is 39.3 Å². The number of carboxylic acid groups (broad SMARTS) is 1. The lowest BCUT2D eigenvalue weighted by Gasteiger charge is -2.18. The molecule has 18 heteroatoms. The van der Waals surface area contributed by atoms with E-state index in [-0.39, 0.29) is 46.0 Å². The summed E-state index contributed by atoms with van der Waals surface area (Å²) >= 11 is 0. The SMILES string of the molecule is COc1c(NC(=O)c2ccc(NC(=O)c3ccc(NC(=O)[C@H](Cc4cn[nH]n4)NC(=O)c4ccc(C#Cc5ccc(C#N)cc5)cc4)cc3)c(OC)c2O)ccc(C(=O)O)c1O. The summed E-state index contributed by atoms with van der Waals surface area (Å²) in [7, 11) is 2.38. The molecule has 0 radical (unpaired) electrons. The van der Waals surface area contributed by atoms with Crippen LogP contribution in [0.2, 0.25) is 0 Å². The Morgan fingerprint density at radius 3 is 1.74 bits per heavy atom. The monoisotopic (exact) mass is 834 g/mol. The van der Waals surface area contributed by atoms with E-state index >= 15 is 0 Å². The summed E-state index contributed by atoms with van der Waals surface area (Å²) in [5, 5.41) is 60.3. The second-order valence-corrected chi connectivity index (χ2v) is 13.1. The number of nitriles is 1. The van der Waals surface area contributed by atoms with Crippen LogP contribution in [0.4, 0.5) is 17.1 Å². The van der Waals surface area contributed by atoms with Gasteiger partial charge in [-0.05, 0) is 97.1 Å². The normalized spacial score (nSPS) is 10.8. The molecule has 18 nitrogen and oxygen atoms in total. The van der Waals surface area contributed by atoms with Gasteiger partial charge in [-0.25, -0.2) is 4.79 Å². The summed E-state index contributed by atoms with van der Waals surface area (Å²) in [6.07, 6.45) is 1.42. The van der Waals surface area contributed by atoms with E-state index in [1.807, 2.05) is 0 Å². The van der Waals surface area contributed by atoms with Crippen molar-refractivity contribution in [3.63, 3.8) is 0 Å². The molecule has 0 fully saturated rings. The molecule has 0 aliphatic heterocycles. The molecule has 6 aromatic rings. The lowest BCUT2D eigenvalue weighted by atomic mass is 10.1. The fraction of sp³-hybridized carbons (Fsp3) is 0.0909. The molecule has 1 atom stereocenters. The molecule has 0 unspecified atom stereocenters. The van der Waals surface area contributed by atoms with Crippen molar-refractivity contribution >= 4 is 46.7 Å². The van der Waals surface area contributed by atoms with Gasteiger partial charge in [0, 0.05) is 34.4 Å². The quantitative estimate of drug-likeness (QED) is 0.0735. The van der Waals surface area contributed by atoms with E-state index in [4.69, 9.17) is 14.7 Å². The third kappa shape index (κ3) is 9.92. The Balaban J connectivity index is 1.10. The van der Waals surface area contributed by atoms with E-state index < -0.39 is 52.7 Å². The standard InChI is InChI=1S/C44H34N8O10/c1-61-38-33(19-17-31(36(38)53)42(57)49-34-20-18-32(44(59)60)37(54)39(34)62-2)48-40(55)28-13-15-29(16-14-28)47-43(58)35(21-30-23-46-52-51-30)50-41(56)27-11-9-25(10-12-27)4-3-24-5-7-26(22-45)8-6-24/h5-20,23,35,53-54H,21H2,1-2H3,(H,47,58)(H,48,55)(H,49,57)(H,50,56)(H,59,60)(H,46,51,52)/t35-/m0/s1. The molecule has 0 aliphatic carbocycles. The number of nitrogens with zero attached hydrogens (tertiary/aromatic N) is 3. The van der Waals surface area contributed by atoms with Gasteiger partial charge in [0.05, 0.1) is 54.7 Å². The predicted octanol–water partition coefficient (Wildman–Crippen LogP) is 4.69. The van der Waals surface area contributed by atoms with Gasteiger partial charge in [0.1, 0.15) is 11.6 Å². The number of rotatable bonds is 13. The van der Waals surface area contributed by atoms with Gasteiger partial charge in [-0.1, -0.05) is 11.8 Å². The Hall–Kier alpha value is -9.16. The van der Waals surface area contributed by atoms with Crippen molar-refractivity contribution < 1.29 is 48.8 Å². The first-order valence-electron chi connectivity index (χ1n) is 18.2. The van der Waals surface area contributed by atoms with Crippen LogP contribution in [0.5, 0.6) is 23.0 Å². The maximum Gasteiger partial charge on any atom is 0.339 e. The fourth-order valence-electron chi connectivity index (χ4n) is 5.89. The molecular weight excluding hydrogens is 801 g/mol. The molecule has 6 rings (SSSR count). The summed E-state index contributed by atoms with van der Waals surface area (Å²) in [5.41, 5.74) is 2.18. The highest BCUT2D eigenvalue weighted by molar-refractivity contribution is 6.10. The highest BCUT2D eigenvalue weighted by Crippen LogP contribution is 2.40. The van der Waals surface area contributed by atoms with Crippen molar-refractivity contribution in [3.05, 3.63) is 148 Å². The minimum absolute atomic E-state index is 0.00192. The largest absolute Gasteiger partial charge is 0.504 e. The number of hydrogen-bond acceptors (Lipinski definition) is 12. The van der Waals surface area contributed by atoms with E-state index in [1.54, 1.807) is 48.5 Å². The van der Waals surface area contributed by atoms with Gasteiger partial charge in [0.2, 0.25) is 5.91 Å². The van der Waals surface area contributed by atoms with Crippen molar-refractivity contribution in [1.29, 1.82) is 5.26 Å². The molecule has 0 aliphatic rings. The number of aromatic amines is 1. The van der Waals surface area contributed by atoms with Crippen LogP contribution in [0.3, 0.4) is 0 Å². The molecule has 0 spiro atoms. The van der Waals surface area contributed by atoms with Crippen LogP contribution in [0, 0.1) is 23.2 Å². The van der Waals surface area contributed by atoms with Gasteiger partial charge in [0.15, 0.2) is 23.0 Å².